The van der Waals surface area contributed by atoms with Gasteiger partial charge in [0.1, 0.15) is 0 Å². The second-order valence-corrected chi connectivity index (χ2v) is 6.82. The lowest BCUT2D eigenvalue weighted by molar-refractivity contribution is 0.594. The number of benzene rings is 1. The van der Waals surface area contributed by atoms with Crippen LogP contribution in [-0.2, 0) is 9.84 Å². The van der Waals surface area contributed by atoms with E-state index in [1.165, 1.54) is 0 Å². The van der Waals surface area contributed by atoms with Crippen LogP contribution in [0.15, 0.2) is 33.5 Å². The van der Waals surface area contributed by atoms with Crippen LogP contribution in [0.2, 0.25) is 4.47 Å². The predicted molar refractivity (Wildman–Crippen MR) is 61.5 cm³/mol. The average molecular weight is 275 g/mol. The molecule has 1 aromatic heterocycles. The van der Waals surface area contributed by atoms with Gasteiger partial charge in [-0.1, -0.05) is 29.0 Å². The summed E-state index contributed by atoms with van der Waals surface area (Å²) in [5.74, 6) is 0. The molecule has 0 aliphatic carbocycles. The SMILES string of the molecule is Cc1ccc(S(=O)(=O)c2nnc(Cl)s2)cc1. The standard InChI is InChI=1S/C9H7ClN2O2S2/c1-6-2-4-7(5-3-6)16(13,14)9-12-11-8(10)15-9/h2-5H,1H3. The molecule has 0 N–H and O–H groups in total. The van der Waals surface area contributed by atoms with Gasteiger partial charge in [0.25, 0.3) is 0 Å². The van der Waals surface area contributed by atoms with Crippen molar-refractivity contribution < 1.29 is 8.42 Å². The molecule has 0 atom stereocenters. The van der Waals surface area contributed by atoms with Crippen LogP contribution in [0.3, 0.4) is 0 Å². The minimum Gasteiger partial charge on any atom is -0.216 e. The quantitative estimate of drug-likeness (QED) is 0.843. The third-order valence-electron chi connectivity index (χ3n) is 1.94. The fourth-order valence-corrected chi connectivity index (χ4v) is 3.63. The number of nitrogens with zero attached hydrogens (tertiary/aromatic N) is 2. The first kappa shape index (κ1) is 11.5. The summed E-state index contributed by atoms with van der Waals surface area (Å²) in [7, 11) is -3.57. The summed E-state index contributed by atoms with van der Waals surface area (Å²) in [6.45, 7) is 1.89. The zero-order chi connectivity index (χ0) is 11.8. The highest BCUT2D eigenvalue weighted by Crippen LogP contribution is 2.25. The Kier molecular flexibility index (Phi) is 2.96. The van der Waals surface area contributed by atoms with Gasteiger partial charge in [0.05, 0.1) is 4.90 Å². The third kappa shape index (κ3) is 2.09. The highest BCUT2D eigenvalue weighted by Gasteiger charge is 2.22. The summed E-state index contributed by atoms with van der Waals surface area (Å²) >= 11 is 6.41. The maximum atomic E-state index is 12.0. The molecule has 0 saturated heterocycles. The summed E-state index contributed by atoms with van der Waals surface area (Å²) in [5.41, 5.74) is 0.995. The van der Waals surface area contributed by atoms with Gasteiger partial charge in [-0.3, -0.25) is 0 Å². The molecule has 1 aromatic carbocycles. The fourth-order valence-electron chi connectivity index (χ4n) is 1.12. The van der Waals surface area contributed by atoms with E-state index in [2.05, 4.69) is 10.2 Å². The van der Waals surface area contributed by atoms with E-state index < -0.39 is 9.84 Å². The predicted octanol–water partition coefficient (Wildman–Crippen LogP) is 2.33. The molecule has 4 nitrogen and oxygen atoms in total. The topological polar surface area (TPSA) is 59.9 Å². The zero-order valence-electron chi connectivity index (χ0n) is 8.21. The first-order valence-corrected chi connectivity index (χ1v) is 6.99. The van der Waals surface area contributed by atoms with Crippen LogP contribution in [0.4, 0.5) is 0 Å². The van der Waals surface area contributed by atoms with Gasteiger partial charge in [0.2, 0.25) is 18.6 Å². The molecule has 0 saturated carbocycles. The normalized spacial score (nSPS) is 11.6. The first-order chi connectivity index (χ1) is 7.50. The largest absolute Gasteiger partial charge is 0.238 e. The zero-order valence-corrected chi connectivity index (χ0v) is 10.6. The van der Waals surface area contributed by atoms with Gasteiger partial charge in [0.15, 0.2) is 0 Å². The molecule has 7 heteroatoms. The van der Waals surface area contributed by atoms with E-state index in [4.69, 9.17) is 11.6 Å². The molecule has 2 aromatic rings. The molecule has 84 valence electrons. The third-order valence-corrected chi connectivity index (χ3v) is 5.10. The number of hydrogen-bond acceptors (Lipinski definition) is 5. The lowest BCUT2D eigenvalue weighted by Crippen LogP contribution is -2.01. The minimum absolute atomic E-state index is 0.0821. The van der Waals surface area contributed by atoms with Crippen molar-refractivity contribution in [1.82, 2.24) is 10.2 Å². The highest BCUT2D eigenvalue weighted by molar-refractivity contribution is 7.93. The maximum Gasteiger partial charge on any atom is 0.238 e. The van der Waals surface area contributed by atoms with Crippen molar-refractivity contribution in [3.63, 3.8) is 0 Å². The minimum atomic E-state index is -3.57. The molecule has 0 amide bonds. The second-order valence-electron chi connectivity index (χ2n) is 3.14. The first-order valence-electron chi connectivity index (χ1n) is 4.31. The Morgan fingerprint density at radius 3 is 2.31 bits per heavy atom. The van der Waals surface area contributed by atoms with Crippen LogP contribution >= 0.6 is 22.9 Å². The van der Waals surface area contributed by atoms with Gasteiger partial charge in [-0.25, -0.2) is 8.42 Å². The molecule has 0 spiro atoms. The molecular weight excluding hydrogens is 268 g/mol. The number of rotatable bonds is 2. The van der Waals surface area contributed by atoms with Crippen molar-refractivity contribution in [3.05, 3.63) is 34.3 Å². The fraction of sp³-hybridized carbons (Fsp3) is 0.111. The van der Waals surface area contributed by atoms with Crippen LogP contribution in [0.25, 0.3) is 0 Å². The summed E-state index contributed by atoms with van der Waals surface area (Å²) < 4.78 is 24.0. The molecule has 0 unspecified atom stereocenters. The van der Waals surface area contributed by atoms with Crippen LogP contribution in [0.1, 0.15) is 5.56 Å². The summed E-state index contributed by atoms with van der Waals surface area (Å²) in [6, 6.07) is 6.55. The highest BCUT2D eigenvalue weighted by atomic mass is 35.5. The van der Waals surface area contributed by atoms with Gasteiger partial charge >= 0.3 is 0 Å². The Hall–Kier alpha value is -0.980. The van der Waals surface area contributed by atoms with E-state index in [1.54, 1.807) is 24.3 Å². The van der Waals surface area contributed by atoms with Crippen LogP contribution in [0.5, 0.6) is 0 Å². The van der Waals surface area contributed by atoms with Gasteiger partial charge < -0.3 is 0 Å². The lowest BCUT2D eigenvalue weighted by atomic mass is 10.2. The van der Waals surface area contributed by atoms with E-state index in [0.717, 1.165) is 16.9 Å². The Morgan fingerprint density at radius 2 is 1.81 bits per heavy atom. The van der Waals surface area contributed by atoms with Crippen molar-refractivity contribution in [2.75, 3.05) is 0 Å². The average Bonchev–Trinajstić information content (AvgIpc) is 2.66. The molecule has 0 aliphatic heterocycles. The lowest BCUT2D eigenvalue weighted by Gasteiger charge is -1.99. The van der Waals surface area contributed by atoms with Crippen molar-refractivity contribution in [3.8, 4) is 0 Å². The maximum absolute atomic E-state index is 12.0. The monoisotopic (exact) mass is 274 g/mol. The number of halogens is 1. The number of aryl methyl sites for hydroxylation is 1. The van der Waals surface area contributed by atoms with Crippen molar-refractivity contribution in [1.29, 1.82) is 0 Å². The summed E-state index contributed by atoms with van der Waals surface area (Å²) in [6.07, 6.45) is 0. The van der Waals surface area contributed by atoms with Crippen LogP contribution in [-0.4, -0.2) is 18.6 Å². The van der Waals surface area contributed by atoms with Crippen molar-refractivity contribution >= 4 is 32.8 Å². The number of aromatic nitrogens is 2. The van der Waals surface area contributed by atoms with Gasteiger partial charge in [-0.2, -0.15) is 0 Å². The molecular formula is C9H7ClN2O2S2. The molecule has 0 fully saturated rings. The molecule has 0 bridgehead atoms. The number of sulfone groups is 1. The summed E-state index contributed by atoms with van der Waals surface area (Å²) in [5, 5.41) is 7.02. The molecule has 16 heavy (non-hydrogen) atoms. The van der Waals surface area contributed by atoms with Crippen molar-refractivity contribution in [2.45, 2.75) is 16.2 Å². The Bertz CT molecular complexity index is 605. The Labute approximate surface area is 102 Å². The van der Waals surface area contributed by atoms with Crippen LogP contribution < -0.4 is 0 Å². The smallest absolute Gasteiger partial charge is 0.216 e. The van der Waals surface area contributed by atoms with Gasteiger partial charge in [-0.05, 0) is 30.7 Å². The van der Waals surface area contributed by atoms with E-state index in [-0.39, 0.29) is 13.7 Å². The number of hydrogen-bond donors (Lipinski definition) is 0. The van der Waals surface area contributed by atoms with E-state index in [9.17, 15) is 8.42 Å². The van der Waals surface area contributed by atoms with Crippen LogP contribution in [0, 0.1) is 6.92 Å². The Balaban J connectivity index is 2.51. The molecule has 0 aliphatic rings. The van der Waals surface area contributed by atoms with Gasteiger partial charge in [-0.15, -0.1) is 10.2 Å². The second kappa shape index (κ2) is 4.12. The molecule has 1 heterocycles. The van der Waals surface area contributed by atoms with Crippen molar-refractivity contribution in [2.24, 2.45) is 0 Å². The molecule has 0 radical (unpaired) electrons. The van der Waals surface area contributed by atoms with E-state index >= 15 is 0 Å². The van der Waals surface area contributed by atoms with E-state index in [0.29, 0.717) is 0 Å². The van der Waals surface area contributed by atoms with E-state index in [1.807, 2.05) is 6.92 Å². The molecule has 2 rings (SSSR count). The summed E-state index contributed by atoms with van der Waals surface area (Å²) in [4.78, 5) is 0.200. The van der Waals surface area contributed by atoms with Gasteiger partial charge in [0, 0.05) is 0 Å². The Morgan fingerprint density at radius 1 is 1.19 bits per heavy atom.